The summed E-state index contributed by atoms with van der Waals surface area (Å²) >= 11 is 0. The van der Waals surface area contributed by atoms with Gasteiger partial charge in [-0.1, -0.05) is 30.3 Å². The van der Waals surface area contributed by atoms with Gasteiger partial charge in [0.1, 0.15) is 0 Å². The molecule has 0 unspecified atom stereocenters. The molecule has 0 amide bonds. The van der Waals surface area contributed by atoms with Crippen molar-refractivity contribution in [2.75, 3.05) is 26.3 Å². The Morgan fingerprint density at radius 1 is 1.09 bits per heavy atom. The van der Waals surface area contributed by atoms with Crippen LogP contribution in [-0.2, 0) is 17.8 Å². The van der Waals surface area contributed by atoms with Gasteiger partial charge in [-0.3, -0.25) is 9.69 Å². The van der Waals surface area contributed by atoms with Gasteiger partial charge in [-0.25, -0.2) is 0 Å². The van der Waals surface area contributed by atoms with Gasteiger partial charge in [0.25, 0.3) is 0 Å². The number of rotatable bonds is 4. The highest BCUT2D eigenvalue weighted by atomic mass is 16.5. The van der Waals surface area contributed by atoms with Crippen molar-refractivity contribution in [1.29, 1.82) is 0 Å². The maximum absolute atomic E-state index is 11.8. The number of ether oxygens (including phenoxy) is 1. The van der Waals surface area contributed by atoms with Crippen molar-refractivity contribution in [3.63, 3.8) is 0 Å². The molecule has 5 heteroatoms. The van der Waals surface area contributed by atoms with Crippen molar-refractivity contribution >= 4 is 0 Å². The maximum Gasteiger partial charge on any atom is 0.223 e. The van der Waals surface area contributed by atoms with Crippen LogP contribution in [0.2, 0.25) is 0 Å². The van der Waals surface area contributed by atoms with Crippen LogP contribution in [0.25, 0.3) is 0 Å². The van der Waals surface area contributed by atoms with E-state index in [2.05, 4.69) is 4.90 Å². The first-order chi connectivity index (χ1) is 10.7. The molecule has 116 valence electrons. The van der Waals surface area contributed by atoms with Crippen LogP contribution in [0.1, 0.15) is 11.3 Å². The standard InChI is InChI=1S/C17H20N2O3/c20-16-10-15(12-18-6-8-22-9-7-18)19(13-17(16)21)11-14-4-2-1-3-5-14/h1-5,10,13,21H,6-9,11-12H2. The minimum Gasteiger partial charge on any atom is -0.503 e. The maximum atomic E-state index is 11.8. The van der Waals surface area contributed by atoms with Gasteiger partial charge in [-0.2, -0.15) is 0 Å². The third kappa shape index (κ3) is 3.55. The lowest BCUT2D eigenvalue weighted by Gasteiger charge is -2.27. The predicted octanol–water partition coefficient (Wildman–Crippen LogP) is 1.43. The summed E-state index contributed by atoms with van der Waals surface area (Å²) in [6.45, 7) is 4.49. The molecular formula is C17H20N2O3. The van der Waals surface area contributed by atoms with E-state index in [4.69, 9.17) is 4.74 Å². The van der Waals surface area contributed by atoms with Crippen molar-refractivity contribution < 1.29 is 9.84 Å². The van der Waals surface area contributed by atoms with Crippen LogP contribution in [0.5, 0.6) is 5.75 Å². The van der Waals surface area contributed by atoms with Crippen molar-refractivity contribution in [3.05, 3.63) is 64.1 Å². The Morgan fingerprint density at radius 3 is 2.55 bits per heavy atom. The molecule has 0 atom stereocenters. The van der Waals surface area contributed by atoms with Gasteiger partial charge in [0.15, 0.2) is 5.75 Å². The van der Waals surface area contributed by atoms with Crippen molar-refractivity contribution in [2.24, 2.45) is 0 Å². The van der Waals surface area contributed by atoms with Gasteiger partial charge < -0.3 is 14.4 Å². The fraction of sp³-hybridized carbons (Fsp3) is 0.353. The Balaban J connectivity index is 1.86. The number of morpholine rings is 1. The van der Waals surface area contributed by atoms with E-state index in [9.17, 15) is 9.90 Å². The monoisotopic (exact) mass is 300 g/mol. The number of hydrogen-bond acceptors (Lipinski definition) is 4. The van der Waals surface area contributed by atoms with Crippen LogP contribution in [0.3, 0.4) is 0 Å². The first-order valence-electron chi connectivity index (χ1n) is 7.49. The van der Waals surface area contributed by atoms with E-state index >= 15 is 0 Å². The first-order valence-corrected chi connectivity index (χ1v) is 7.49. The third-order valence-electron chi connectivity index (χ3n) is 3.88. The van der Waals surface area contributed by atoms with E-state index in [1.165, 1.54) is 12.3 Å². The summed E-state index contributed by atoms with van der Waals surface area (Å²) in [5.74, 6) is -0.207. The Hall–Kier alpha value is -2.11. The summed E-state index contributed by atoms with van der Waals surface area (Å²) in [4.78, 5) is 14.0. The molecule has 22 heavy (non-hydrogen) atoms. The molecule has 1 saturated heterocycles. The van der Waals surface area contributed by atoms with Crippen molar-refractivity contribution in [1.82, 2.24) is 9.47 Å². The van der Waals surface area contributed by atoms with Gasteiger partial charge >= 0.3 is 0 Å². The molecule has 1 aromatic heterocycles. The molecule has 1 aromatic carbocycles. The fourth-order valence-electron chi connectivity index (χ4n) is 2.65. The number of nitrogens with zero attached hydrogens (tertiary/aromatic N) is 2. The van der Waals surface area contributed by atoms with E-state index in [-0.39, 0.29) is 11.2 Å². The number of aromatic hydroxyl groups is 1. The molecule has 0 radical (unpaired) electrons. The smallest absolute Gasteiger partial charge is 0.223 e. The normalized spacial score (nSPS) is 15.8. The second kappa shape index (κ2) is 6.77. The lowest BCUT2D eigenvalue weighted by Crippen LogP contribution is -2.36. The Labute approximate surface area is 129 Å². The van der Waals surface area contributed by atoms with Crippen molar-refractivity contribution in [2.45, 2.75) is 13.1 Å². The minimum atomic E-state index is -0.326. The lowest BCUT2D eigenvalue weighted by atomic mass is 10.2. The lowest BCUT2D eigenvalue weighted by molar-refractivity contribution is 0.0331. The highest BCUT2D eigenvalue weighted by Crippen LogP contribution is 2.12. The quantitative estimate of drug-likeness (QED) is 0.928. The zero-order valence-corrected chi connectivity index (χ0v) is 12.4. The van der Waals surface area contributed by atoms with Crippen LogP contribution < -0.4 is 5.43 Å². The number of hydrogen-bond donors (Lipinski definition) is 1. The van der Waals surface area contributed by atoms with E-state index < -0.39 is 0 Å². The Bertz CT molecular complexity index is 676. The van der Waals surface area contributed by atoms with Gasteiger partial charge in [-0.15, -0.1) is 0 Å². The molecule has 0 saturated carbocycles. The molecule has 1 N–H and O–H groups in total. The van der Waals surface area contributed by atoms with Gasteiger partial charge in [0.05, 0.1) is 19.4 Å². The molecule has 3 rings (SSSR count). The summed E-state index contributed by atoms with van der Waals surface area (Å²) in [6.07, 6.45) is 1.53. The van der Waals surface area contributed by atoms with E-state index in [0.717, 1.165) is 37.6 Å². The summed E-state index contributed by atoms with van der Waals surface area (Å²) in [5, 5.41) is 9.74. The summed E-state index contributed by atoms with van der Waals surface area (Å²) in [6, 6.07) is 11.6. The largest absolute Gasteiger partial charge is 0.503 e. The van der Waals surface area contributed by atoms with Crippen LogP contribution in [0.15, 0.2) is 47.4 Å². The molecule has 5 nitrogen and oxygen atoms in total. The molecule has 0 aliphatic carbocycles. The SMILES string of the molecule is O=c1cc(CN2CCOCC2)n(Cc2ccccc2)cc1O. The summed E-state index contributed by atoms with van der Waals surface area (Å²) < 4.78 is 7.30. The molecule has 2 aromatic rings. The number of pyridine rings is 1. The van der Waals surface area contributed by atoms with Gasteiger partial charge in [0.2, 0.25) is 5.43 Å². The first kappa shape index (κ1) is 14.8. The molecule has 0 spiro atoms. The van der Waals surface area contributed by atoms with E-state index in [0.29, 0.717) is 13.1 Å². The molecule has 1 aliphatic rings. The highest BCUT2D eigenvalue weighted by Gasteiger charge is 2.14. The number of benzene rings is 1. The second-order valence-electron chi connectivity index (χ2n) is 5.52. The van der Waals surface area contributed by atoms with E-state index in [1.54, 1.807) is 0 Å². The molecule has 2 heterocycles. The fourth-order valence-corrected chi connectivity index (χ4v) is 2.65. The van der Waals surface area contributed by atoms with Crippen LogP contribution in [0.4, 0.5) is 0 Å². The van der Waals surface area contributed by atoms with Crippen molar-refractivity contribution in [3.8, 4) is 5.75 Å². The van der Waals surface area contributed by atoms with Gasteiger partial charge in [0, 0.05) is 37.9 Å². The van der Waals surface area contributed by atoms with Crippen LogP contribution >= 0.6 is 0 Å². The zero-order valence-electron chi connectivity index (χ0n) is 12.4. The molecule has 0 bridgehead atoms. The van der Waals surface area contributed by atoms with E-state index in [1.807, 2.05) is 34.9 Å². The summed E-state index contributed by atoms with van der Waals surface area (Å²) in [7, 11) is 0. The van der Waals surface area contributed by atoms with Gasteiger partial charge in [-0.05, 0) is 5.56 Å². The Kier molecular flexibility index (Phi) is 4.56. The molecular weight excluding hydrogens is 280 g/mol. The van der Waals surface area contributed by atoms with Crippen LogP contribution in [0, 0.1) is 0 Å². The Morgan fingerprint density at radius 2 is 1.82 bits per heavy atom. The second-order valence-corrected chi connectivity index (χ2v) is 5.52. The summed E-state index contributed by atoms with van der Waals surface area (Å²) in [5.41, 5.74) is 1.72. The predicted molar refractivity (Wildman–Crippen MR) is 84.0 cm³/mol. The minimum absolute atomic E-state index is 0.207. The zero-order chi connectivity index (χ0) is 15.4. The van der Waals surface area contributed by atoms with Crippen LogP contribution in [-0.4, -0.2) is 40.9 Å². The third-order valence-corrected chi connectivity index (χ3v) is 3.88. The molecule has 1 aliphatic heterocycles. The topological polar surface area (TPSA) is 54.7 Å². The number of aromatic nitrogens is 1. The average molecular weight is 300 g/mol. The molecule has 1 fully saturated rings. The average Bonchev–Trinajstić information content (AvgIpc) is 2.54. The highest BCUT2D eigenvalue weighted by molar-refractivity contribution is 5.23.